The van der Waals surface area contributed by atoms with Crippen LogP contribution in [0.1, 0.15) is 5.82 Å². The predicted molar refractivity (Wildman–Crippen MR) is 49.9 cm³/mol. The summed E-state index contributed by atoms with van der Waals surface area (Å²) in [4.78, 5) is 21.9. The zero-order chi connectivity index (χ0) is 9.42. The Balaban J connectivity index is 3.03. The molecule has 0 spiro atoms. The molecule has 13 heavy (non-hydrogen) atoms. The van der Waals surface area contributed by atoms with Gasteiger partial charge < -0.3 is 4.98 Å². The quantitative estimate of drug-likeness (QED) is 0.689. The first-order valence-electron chi connectivity index (χ1n) is 3.68. The fraction of sp³-hybridized carbons (Fsp3) is 0.125. The number of hydrogen-bond acceptors (Lipinski definition) is 3. The summed E-state index contributed by atoms with van der Waals surface area (Å²) in [5.41, 5.74) is 0.287. The Bertz CT molecular complexity index is 520. The molecular weight excluding hydrogens is 190 g/mol. The first kappa shape index (κ1) is 8.19. The Labute approximate surface area is 78.6 Å². The highest BCUT2D eigenvalue weighted by Crippen LogP contribution is 2.16. The number of aryl methyl sites for hydroxylation is 1. The fourth-order valence-electron chi connectivity index (χ4n) is 1.14. The lowest BCUT2D eigenvalue weighted by Gasteiger charge is -1.98. The van der Waals surface area contributed by atoms with Gasteiger partial charge in [0.2, 0.25) is 0 Å². The molecule has 1 N–H and O–H groups in total. The summed E-state index contributed by atoms with van der Waals surface area (Å²) in [5.74, 6) is 0.547. The molecule has 0 unspecified atom stereocenters. The predicted octanol–water partition coefficient (Wildman–Crippen LogP) is 1.28. The van der Waals surface area contributed by atoms with Crippen molar-refractivity contribution in [2.75, 3.05) is 0 Å². The number of aromatic amines is 1. The average Bonchev–Trinajstić information content (AvgIpc) is 2.07. The summed E-state index contributed by atoms with van der Waals surface area (Å²) in [6.07, 6.45) is 2.92. The molecular formula is C8H6ClN3O. The van der Waals surface area contributed by atoms with Crippen molar-refractivity contribution in [1.29, 1.82) is 0 Å². The Morgan fingerprint density at radius 2 is 2.23 bits per heavy atom. The summed E-state index contributed by atoms with van der Waals surface area (Å²) < 4.78 is 0. The van der Waals surface area contributed by atoms with Crippen molar-refractivity contribution in [2.45, 2.75) is 6.92 Å². The van der Waals surface area contributed by atoms with Crippen molar-refractivity contribution in [2.24, 2.45) is 0 Å². The maximum absolute atomic E-state index is 11.4. The molecule has 2 heterocycles. The van der Waals surface area contributed by atoms with Crippen molar-refractivity contribution >= 4 is 22.5 Å². The smallest absolute Gasteiger partial charge is 0.260 e. The van der Waals surface area contributed by atoms with E-state index in [1.54, 1.807) is 6.92 Å². The number of H-pyrrole nitrogens is 1. The number of nitrogens with one attached hydrogen (secondary N) is 1. The SMILES string of the molecule is Cc1nc2c(Cl)cncc2c(=O)[nH]1. The Kier molecular flexibility index (Phi) is 1.77. The lowest BCUT2D eigenvalue weighted by Crippen LogP contribution is -2.09. The van der Waals surface area contributed by atoms with Crippen LogP contribution in [0.15, 0.2) is 17.2 Å². The van der Waals surface area contributed by atoms with Crippen molar-refractivity contribution in [3.05, 3.63) is 33.6 Å². The highest BCUT2D eigenvalue weighted by molar-refractivity contribution is 6.34. The Hall–Kier alpha value is -1.42. The molecule has 0 aromatic carbocycles. The Morgan fingerprint density at radius 1 is 1.46 bits per heavy atom. The number of pyridine rings is 1. The van der Waals surface area contributed by atoms with Gasteiger partial charge in [-0.3, -0.25) is 9.78 Å². The van der Waals surface area contributed by atoms with Gasteiger partial charge in [-0.2, -0.15) is 0 Å². The molecule has 0 amide bonds. The zero-order valence-corrected chi connectivity index (χ0v) is 7.59. The van der Waals surface area contributed by atoms with Crippen molar-refractivity contribution in [3.8, 4) is 0 Å². The summed E-state index contributed by atoms with van der Waals surface area (Å²) in [7, 11) is 0. The van der Waals surface area contributed by atoms with E-state index in [4.69, 9.17) is 11.6 Å². The van der Waals surface area contributed by atoms with Crippen LogP contribution in [0.5, 0.6) is 0 Å². The van der Waals surface area contributed by atoms with Gasteiger partial charge in [-0.15, -0.1) is 0 Å². The fourth-order valence-corrected chi connectivity index (χ4v) is 1.34. The van der Waals surface area contributed by atoms with Gasteiger partial charge in [-0.05, 0) is 6.92 Å². The summed E-state index contributed by atoms with van der Waals surface area (Å²) >= 11 is 5.82. The van der Waals surface area contributed by atoms with Gasteiger partial charge in [0.05, 0.1) is 15.9 Å². The summed E-state index contributed by atoms with van der Waals surface area (Å²) in [5, 5.41) is 0.810. The molecule has 2 rings (SSSR count). The van der Waals surface area contributed by atoms with E-state index < -0.39 is 0 Å². The Morgan fingerprint density at radius 3 is 3.00 bits per heavy atom. The van der Waals surface area contributed by atoms with Crippen LogP contribution in [0.4, 0.5) is 0 Å². The molecule has 0 fully saturated rings. The van der Waals surface area contributed by atoms with Crippen molar-refractivity contribution < 1.29 is 0 Å². The third kappa shape index (κ3) is 1.29. The number of fused-ring (bicyclic) bond motifs is 1. The minimum atomic E-state index is -0.211. The van der Waals surface area contributed by atoms with Crippen LogP contribution in [-0.4, -0.2) is 15.0 Å². The summed E-state index contributed by atoms with van der Waals surface area (Å²) in [6, 6.07) is 0. The highest BCUT2D eigenvalue weighted by atomic mass is 35.5. The third-order valence-electron chi connectivity index (χ3n) is 1.69. The zero-order valence-electron chi connectivity index (χ0n) is 6.84. The molecule has 2 aromatic rings. The molecule has 0 saturated heterocycles. The van der Waals surface area contributed by atoms with E-state index in [-0.39, 0.29) is 5.56 Å². The normalized spacial score (nSPS) is 10.6. The number of halogens is 1. The number of rotatable bonds is 0. The van der Waals surface area contributed by atoms with E-state index in [1.807, 2.05) is 0 Å². The lowest BCUT2D eigenvalue weighted by molar-refractivity contribution is 1.05. The van der Waals surface area contributed by atoms with Crippen LogP contribution in [0.2, 0.25) is 5.02 Å². The maximum atomic E-state index is 11.4. The van der Waals surface area contributed by atoms with Crippen LogP contribution in [0.25, 0.3) is 10.9 Å². The molecule has 0 saturated carbocycles. The van der Waals surface area contributed by atoms with E-state index in [1.165, 1.54) is 12.4 Å². The van der Waals surface area contributed by atoms with E-state index in [9.17, 15) is 4.79 Å². The molecule has 0 radical (unpaired) electrons. The van der Waals surface area contributed by atoms with Gasteiger partial charge in [-0.1, -0.05) is 11.6 Å². The third-order valence-corrected chi connectivity index (χ3v) is 1.97. The molecule has 2 aromatic heterocycles. The molecule has 0 aliphatic rings. The highest BCUT2D eigenvalue weighted by Gasteiger charge is 2.04. The van der Waals surface area contributed by atoms with Crippen molar-refractivity contribution in [3.63, 3.8) is 0 Å². The molecule has 5 heteroatoms. The van der Waals surface area contributed by atoms with Crippen LogP contribution in [-0.2, 0) is 0 Å². The van der Waals surface area contributed by atoms with Crippen molar-refractivity contribution in [1.82, 2.24) is 15.0 Å². The molecule has 0 aliphatic heterocycles. The van der Waals surface area contributed by atoms with Gasteiger partial charge in [-0.25, -0.2) is 4.98 Å². The van der Waals surface area contributed by atoms with Gasteiger partial charge in [0.25, 0.3) is 5.56 Å². The van der Waals surface area contributed by atoms with Crippen LogP contribution >= 0.6 is 11.6 Å². The first-order valence-corrected chi connectivity index (χ1v) is 4.06. The van der Waals surface area contributed by atoms with Crippen LogP contribution in [0, 0.1) is 6.92 Å². The van der Waals surface area contributed by atoms with Crippen LogP contribution in [0.3, 0.4) is 0 Å². The monoisotopic (exact) mass is 195 g/mol. The summed E-state index contributed by atoms with van der Waals surface area (Å²) in [6.45, 7) is 1.71. The topological polar surface area (TPSA) is 58.6 Å². The molecule has 4 nitrogen and oxygen atoms in total. The van der Waals surface area contributed by atoms with E-state index in [0.29, 0.717) is 21.7 Å². The lowest BCUT2D eigenvalue weighted by atomic mass is 10.3. The van der Waals surface area contributed by atoms with Gasteiger partial charge >= 0.3 is 0 Å². The van der Waals surface area contributed by atoms with E-state index in [2.05, 4.69) is 15.0 Å². The van der Waals surface area contributed by atoms with Gasteiger partial charge in [0.1, 0.15) is 5.82 Å². The second-order valence-corrected chi connectivity index (χ2v) is 3.08. The van der Waals surface area contributed by atoms with Crippen LogP contribution < -0.4 is 5.56 Å². The largest absolute Gasteiger partial charge is 0.310 e. The first-order chi connectivity index (χ1) is 6.18. The number of aromatic nitrogens is 3. The number of hydrogen-bond donors (Lipinski definition) is 1. The second kappa shape index (κ2) is 2.81. The second-order valence-electron chi connectivity index (χ2n) is 2.67. The molecule has 0 bridgehead atoms. The van der Waals surface area contributed by atoms with E-state index in [0.717, 1.165) is 0 Å². The van der Waals surface area contributed by atoms with Gasteiger partial charge in [0, 0.05) is 12.4 Å². The van der Waals surface area contributed by atoms with Gasteiger partial charge in [0.15, 0.2) is 0 Å². The number of nitrogens with zero attached hydrogens (tertiary/aromatic N) is 2. The molecule has 0 aliphatic carbocycles. The minimum Gasteiger partial charge on any atom is -0.310 e. The molecule has 66 valence electrons. The standard InChI is InChI=1S/C8H6ClN3O/c1-4-11-7-5(8(13)12-4)2-10-3-6(7)9/h2-3H,1H3,(H,11,12,13). The average molecular weight is 196 g/mol. The molecule has 0 atom stereocenters. The van der Waals surface area contributed by atoms with E-state index >= 15 is 0 Å². The maximum Gasteiger partial charge on any atom is 0.260 e. The minimum absolute atomic E-state index is 0.211.